The zero-order valence-corrected chi connectivity index (χ0v) is 6.90. The second kappa shape index (κ2) is 2.07. The summed E-state index contributed by atoms with van der Waals surface area (Å²) in [4.78, 5) is 15.4. The lowest BCUT2D eigenvalue weighted by atomic mass is 10.3. The molecule has 5 heteroatoms. The van der Waals surface area contributed by atoms with E-state index in [0.717, 1.165) is 22.2 Å². The van der Waals surface area contributed by atoms with Crippen molar-refractivity contribution in [2.24, 2.45) is 0 Å². The summed E-state index contributed by atoms with van der Waals surface area (Å²) in [6, 6.07) is 0. The van der Waals surface area contributed by atoms with Crippen LogP contribution in [0.5, 0.6) is 0 Å². The van der Waals surface area contributed by atoms with Crippen LogP contribution in [0.1, 0.15) is 5.69 Å². The molecule has 0 unspecified atom stereocenters. The van der Waals surface area contributed by atoms with Crippen molar-refractivity contribution in [1.82, 2.24) is 19.9 Å². The number of hydrogen-bond donors (Lipinski definition) is 1. The zero-order valence-electron chi connectivity index (χ0n) is 6.90. The van der Waals surface area contributed by atoms with Gasteiger partial charge in [0.15, 0.2) is 11.9 Å². The third-order valence-electron chi connectivity index (χ3n) is 2.04. The number of aromatic amines is 1. The molecule has 0 aliphatic carbocycles. The maximum atomic E-state index is 5.11. The highest BCUT2D eigenvalue weighted by molar-refractivity contribution is 5.98. The Hall–Kier alpha value is -1.91. The molecule has 3 aromatic heterocycles. The van der Waals surface area contributed by atoms with Crippen LogP contribution in [0.15, 0.2) is 17.1 Å². The van der Waals surface area contributed by atoms with E-state index in [4.69, 9.17) is 4.42 Å². The standard InChI is InChI=1S/C8H6N4O/c1-4-5-6(10-2-9-5)7-8(12-4)13-3-11-7/h2-3H,1H3,(H,9,10). The van der Waals surface area contributed by atoms with Gasteiger partial charge in [0.25, 0.3) is 0 Å². The van der Waals surface area contributed by atoms with Gasteiger partial charge in [-0.2, -0.15) is 0 Å². The Bertz CT molecular complexity index is 580. The van der Waals surface area contributed by atoms with Crippen molar-refractivity contribution in [3.63, 3.8) is 0 Å². The highest BCUT2D eigenvalue weighted by atomic mass is 16.3. The molecule has 0 aromatic carbocycles. The van der Waals surface area contributed by atoms with Gasteiger partial charge in [-0.15, -0.1) is 0 Å². The van der Waals surface area contributed by atoms with Gasteiger partial charge in [-0.3, -0.25) is 0 Å². The molecule has 0 aliphatic rings. The first-order valence-electron chi connectivity index (χ1n) is 3.89. The molecule has 3 rings (SSSR count). The van der Waals surface area contributed by atoms with Gasteiger partial charge in [-0.05, 0) is 6.92 Å². The molecule has 0 fully saturated rings. The van der Waals surface area contributed by atoms with E-state index in [-0.39, 0.29) is 0 Å². The zero-order chi connectivity index (χ0) is 8.84. The number of aromatic nitrogens is 4. The quantitative estimate of drug-likeness (QED) is 0.559. The first kappa shape index (κ1) is 6.59. The Labute approximate surface area is 72.8 Å². The van der Waals surface area contributed by atoms with Gasteiger partial charge < -0.3 is 9.40 Å². The van der Waals surface area contributed by atoms with E-state index < -0.39 is 0 Å². The van der Waals surface area contributed by atoms with Crippen molar-refractivity contribution in [3.8, 4) is 0 Å². The molecule has 0 bridgehead atoms. The lowest BCUT2D eigenvalue weighted by Crippen LogP contribution is -1.84. The fraction of sp³-hybridized carbons (Fsp3) is 0.125. The smallest absolute Gasteiger partial charge is 0.249 e. The highest BCUT2D eigenvalue weighted by Crippen LogP contribution is 2.21. The number of rotatable bonds is 0. The number of H-pyrrole nitrogens is 1. The van der Waals surface area contributed by atoms with E-state index >= 15 is 0 Å². The predicted octanol–water partition coefficient (Wildman–Crippen LogP) is 1.41. The molecular formula is C8H6N4O. The average molecular weight is 174 g/mol. The van der Waals surface area contributed by atoms with Gasteiger partial charge in [0.05, 0.1) is 17.5 Å². The minimum Gasteiger partial charge on any atom is -0.425 e. The van der Waals surface area contributed by atoms with Crippen molar-refractivity contribution >= 4 is 22.3 Å². The minimum atomic E-state index is 0.550. The summed E-state index contributed by atoms with van der Waals surface area (Å²) in [6.07, 6.45) is 3.02. The van der Waals surface area contributed by atoms with Crippen LogP contribution in [0, 0.1) is 6.92 Å². The maximum Gasteiger partial charge on any atom is 0.249 e. The third-order valence-corrected chi connectivity index (χ3v) is 2.04. The first-order chi connectivity index (χ1) is 6.36. The van der Waals surface area contributed by atoms with Crippen LogP contribution in [0.3, 0.4) is 0 Å². The first-order valence-corrected chi connectivity index (χ1v) is 3.89. The lowest BCUT2D eigenvalue weighted by molar-refractivity contribution is 0.590. The Morgan fingerprint density at radius 1 is 1.31 bits per heavy atom. The molecule has 3 heterocycles. The largest absolute Gasteiger partial charge is 0.425 e. The summed E-state index contributed by atoms with van der Waals surface area (Å²) in [5.41, 5.74) is 3.87. The van der Waals surface area contributed by atoms with Crippen LogP contribution < -0.4 is 0 Å². The number of fused-ring (bicyclic) bond motifs is 3. The molecule has 64 valence electrons. The molecular weight excluding hydrogens is 168 g/mol. The maximum absolute atomic E-state index is 5.11. The van der Waals surface area contributed by atoms with Crippen LogP contribution in [-0.2, 0) is 0 Å². The Morgan fingerprint density at radius 3 is 3.15 bits per heavy atom. The van der Waals surface area contributed by atoms with Gasteiger partial charge in [0, 0.05) is 0 Å². The average Bonchev–Trinajstić information content (AvgIpc) is 2.66. The van der Waals surface area contributed by atoms with Gasteiger partial charge >= 0.3 is 0 Å². The predicted molar refractivity (Wildman–Crippen MR) is 46.2 cm³/mol. The highest BCUT2D eigenvalue weighted by Gasteiger charge is 2.10. The molecule has 0 amide bonds. The van der Waals surface area contributed by atoms with Crippen LogP contribution in [-0.4, -0.2) is 19.9 Å². The Kier molecular flexibility index (Phi) is 1.05. The van der Waals surface area contributed by atoms with E-state index in [1.807, 2.05) is 6.92 Å². The number of nitrogens with zero attached hydrogens (tertiary/aromatic N) is 3. The summed E-state index contributed by atoms with van der Waals surface area (Å²) in [7, 11) is 0. The fourth-order valence-corrected chi connectivity index (χ4v) is 1.45. The van der Waals surface area contributed by atoms with Crippen molar-refractivity contribution in [3.05, 3.63) is 18.4 Å². The van der Waals surface area contributed by atoms with E-state index in [2.05, 4.69) is 19.9 Å². The molecule has 1 N–H and O–H groups in total. The van der Waals surface area contributed by atoms with Gasteiger partial charge in [0.1, 0.15) is 5.52 Å². The van der Waals surface area contributed by atoms with E-state index in [1.54, 1.807) is 6.33 Å². The molecule has 0 saturated carbocycles. The van der Waals surface area contributed by atoms with E-state index in [0.29, 0.717) is 5.71 Å². The molecule has 0 radical (unpaired) electrons. The minimum absolute atomic E-state index is 0.550. The third kappa shape index (κ3) is 0.729. The van der Waals surface area contributed by atoms with E-state index in [9.17, 15) is 0 Å². The number of oxazole rings is 1. The van der Waals surface area contributed by atoms with Crippen molar-refractivity contribution in [2.45, 2.75) is 6.92 Å². The lowest BCUT2D eigenvalue weighted by Gasteiger charge is -1.92. The number of pyridine rings is 1. The Morgan fingerprint density at radius 2 is 2.23 bits per heavy atom. The summed E-state index contributed by atoms with van der Waals surface area (Å²) in [6.45, 7) is 1.89. The summed E-state index contributed by atoms with van der Waals surface area (Å²) in [5.74, 6) is 0. The topological polar surface area (TPSA) is 67.6 Å². The van der Waals surface area contributed by atoms with Crippen LogP contribution in [0.4, 0.5) is 0 Å². The van der Waals surface area contributed by atoms with Gasteiger partial charge in [0.2, 0.25) is 5.71 Å². The molecule has 0 atom stereocenters. The van der Waals surface area contributed by atoms with Crippen LogP contribution >= 0.6 is 0 Å². The summed E-state index contributed by atoms with van der Waals surface area (Å²) in [5, 5.41) is 0. The number of aryl methyl sites for hydroxylation is 1. The second-order valence-electron chi connectivity index (χ2n) is 2.83. The van der Waals surface area contributed by atoms with Gasteiger partial charge in [-0.25, -0.2) is 15.0 Å². The normalized spacial score (nSPS) is 11.5. The Balaban J connectivity index is 2.70. The number of hydrogen-bond acceptors (Lipinski definition) is 4. The van der Waals surface area contributed by atoms with E-state index in [1.165, 1.54) is 6.39 Å². The van der Waals surface area contributed by atoms with Crippen LogP contribution in [0.25, 0.3) is 22.3 Å². The molecule has 0 saturated heterocycles. The van der Waals surface area contributed by atoms with Gasteiger partial charge in [-0.1, -0.05) is 0 Å². The monoisotopic (exact) mass is 174 g/mol. The summed E-state index contributed by atoms with van der Waals surface area (Å²) < 4.78 is 5.11. The molecule has 0 spiro atoms. The second-order valence-corrected chi connectivity index (χ2v) is 2.83. The summed E-state index contributed by atoms with van der Waals surface area (Å²) >= 11 is 0. The fourth-order valence-electron chi connectivity index (χ4n) is 1.45. The SMILES string of the molecule is Cc1nc2ocnc2c2[nH]cnc12. The molecule has 3 aromatic rings. The van der Waals surface area contributed by atoms with Crippen molar-refractivity contribution < 1.29 is 4.42 Å². The van der Waals surface area contributed by atoms with Crippen LogP contribution in [0.2, 0.25) is 0 Å². The molecule has 13 heavy (non-hydrogen) atoms. The number of imidazole rings is 1. The van der Waals surface area contributed by atoms with Crippen molar-refractivity contribution in [1.29, 1.82) is 0 Å². The van der Waals surface area contributed by atoms with Crippen molar-refractivity contribution in [2.75, 3.05) is 0 Å². The number of nitrogens with one attached hydrogen (secondary N) is 1. The molecule has 0 aliphatic heterocycles. The molecule has 5 nitrogen and oxygen atoms in total.